The highest BCUT2D eigenvalue weighted by Gasteiger charge is 2.01. The van der Waals surface area contributed by atoms with E-state index in [9.17, 15) is 0 Å². The highest BCUT2D eigenvalue weighted by molar-refractivity contribution is 5.36. The van der Waals surface area contributed by atoms with Gasteiger partial charge in [-0.2, -0.15) is 5.10 Å². The van der Waals surface area contributed by atoms with Crippen molar-refractivity contribution in [2.75, 3.05) is 32.5 Å². The minimum absolute atomic E-state index is 0.723. The van der Waals surface area contributed by atoms with Crippen LogP contribution in [-0.4, -0.2) is 52.1 Å². The van der Waals surface area contributed by atoms with E-state index in [4.69, 9.17) is 0 Å². The summed E-state index contributed by atoms with van der Waals surface area (Å²) < 4.78 is 1.71. The molecule has 18 heavy (non-hydrogen) atoms. The highest BCUT2D eigenvalue weighted by atomic mass is 15.3. The Morgan fingerprint density at radius 1 is 1.22 bits per heavy atom. The van der Waals surface area contributed by atoms with Crippen LogP contribution in [0.5, 0.6) is 0 Å². The second-order valence-corrected chi connectivity index (χ2v) is 4.41. The van der Waals surface area contributed by atoms with Crippen molar-refractivity contribution in [2.45, 2.75) is 6.92 Å². The second-order valence-electron chi connectivity index (χ2n) is 4.41. The highest BCUT2D eigenvalue weighted by Crippen LogP contribution is 2.06. The lowest BCUT2D eigenvalue weighted by molar-refractivity contribution is 0.425. The van der Waals surface area contributed by atoms with Gasteiger partial charge in [0.25, 0.3) is 0 Å². The summed E-state index contributed by atoms with van der Waals surface area (Å²) in [5.74, 6) is 1.51. The minimum Gasteiger partial charge on any atom is -0.367 e. The second kappa shape index (κ2) is 5.59. The van der Waals surface area contributed by atoms with Gasteiger partial charge in [0.15, 0.2) is 5.82 Å². The maximum atomic E-state index is 4.28. The molecule has 0 atom stereocenters. The molecule has 2 aromatic heterocycles. The molecule has 0 aliphatic rings. The predicted octanol–water partition coefficient (Wildman–Crippen LogP) is 0.944. The molecule has 0 fully saturated rings. The van der Waals surface area contributed by atoms with Crippen molar-refractivity contribution >= 4 is 5.82 Å². The van der Waals surface area contributed by atoms with E-state index < -0.39 is 0 Å². The van der Waals surface area contributed by atoms with Crippen LogP contribution in [-0.2, 0) is 0 Å². The Hall–Kier alpha value is -1.95. The van der Waals surface area contributed by atoms with Gasteiger partial charge in [-0.15, -0.1) is 10.2 Å². The number of likely N-dealkylation sites (N-methyl/N-ethyl adjacent to an activating group) is 1. The molecule has 0 saturated carbocycles. The third kappa shape index (κ3) is 3.27. The van der Waals surface area contributed by atoms with E-state index in [0.717, 1.165) is 30.4 Å². The lowest BCUT2D eigenvalue weighted by Crippen LogP contribution is -2.21. The normalized spacial score (nSPS) is 10.9. The lowest BCUT2D eigenvalue weighted by atomic mass is 10.4. The Balaban J connectivity index is 1.97. The van der Waals surface area contributed by atoms with Crippen molar-refractivity contribution in [3.63, 3.8) is 0 Å². The third-order valence-electron chi connectivity index (χ3n) is 2.47. The Labute approximate surface area is 107 Å². The SMILES string of the molecule is Cc1ccn(-c2ccc(NCCN(C)C)nn2)n1. The summed E-state index contributed by atoms with van der Waals surface area (Å²) in [7, 11) is 4.08. The van der Waals surface area contributed by atoms with E-state index in [0.29, 0.717) is 0 Å². The number of nitrogens with zero attached hydrogens (tertiary/aromatic N) is 5. The third-order valence-corrected chi connectivity index (χ3v) is 2.47. The summed E-state index contributed by atoms with van der Waals surface area (Å²) in [6.45, 7) is 3.75. The standard InChI is InChI=1S/C12H18N6/c1-10-6-8-18(16-10)12-5-4-11(14-15-12)13-7-9-17(2)3/h4-6,8H,7,9H2,1-3H3,(H,13,14). The summed E-state index contributed by atoms with van der Waals surface area (Å²) in [4.78, 5) is 2.11. The molecule has 2 aromatic rings. The first-order chi connectivity index (χ1) is 8.65. The molecule has 6 heteroatoms. The Morgan fingerprint density at radius 2 is 2.06 bits per heavy atom. The fourth-order valence-corrected chi connectivity index (χ4v) is 1.49. The summed E-state index contributed by atoms with van der Waals surface area (Å²) in [5, 5.41) is 15.8. The number of aromatic nitrogens is 4. The maximum Gasteiger partial charge on any atom is 0.175 e. The molecule has 6 nitrogen and oxygen atoms in total. The Kier molecular flexibility index (Phi) is 3.88. The van der Waals surface area contributed by atoms with E-state index >= 15 is 0 Å². The number of hydrogen-bond donors (Lipinski definition) is 1. The number of nitrogens with one attached hydrogen (secondary N) is 1. The Morgan fingerprint density at radius 3 is 2.61 bits per heavy atom. The molecule has 0 aliphatic heterocycles. The summed E-state index contributed by atoms with van der Waals surface area (Å²) >= 11 is 0. The molecule has 2 rings (SSSR count). The smallest absolute Gasteiger partial charge is 0.175 e. The first-order valence-electron chi connectivity index (χ1n) is 5.90. The van der Waals surface area contributed by atoms with E-state index in [-0.39, 0.29) is 0 Å². The molecular weight excluding hydrogens is 228 g/mol. The molecule has 0 radical (unpaired) electrons. The number of anilines is 1. The average Bonchev–Trinajstić information content (AvgIpc) is 2.76. The van der Waals surface area contributed by atoms with Crippen LogP contribution in [0.3, 0.4) is 0 Å². The number of aryl methyl sites for hydroxylation is 1. The fraction of sp³-hybridized carbons (Fsp3) is 0.417. The molecule has 0 amide bonds. The van der Waals surface area contributed by atoms with Gasteiger partial charge in [-0.05, 0) is 39.2 Å². The van der Waals surface area contributed by atoms with E-state index in [1.54, 1.807) is 4.68 Å². The minimum atomic E-state index is 0.723. The van der Waals surface area contributed by atoms with Crippen molar-refractivity contribution in [1.82, 2.24) is 24.9 Å². The summed E-state index contributed by atoms with van der Waals surface area (Å²) in [5.41, 5.74) is 0.963. The van der Waals surface area contributed by atoms with Gasteiger partial charge in [-0.3, -0.25) is 0 Å². The molecule has 1 N–H and O–H groups in total. The zero-order valence-corrected chi connectivity index (χ0v) is 11.0. The first-order valence-corrected chi connectivity index (χ1v) is 5.90. The first kappa shape index (κ1) is 12.5. The van der Waals surface area contributed by atoms with Crippen LogP contribution in [0.15, 0.2) is 24.4 Å². The molecule has 0 saturated heterocycles. The van der Waals surface area contributed by atoms with Crippen molar-refractivity contribution < 1.29 is 0 Å². The maximum absolute atomic E-state index is 4.28. The van der Waals surface area contributed by atoms with Crippen molar-refractivity contribution in [1.29, 1.82) is 0 Å². The fourth-order valence-electron chi connectivity index (χ4n) is 1.49. The van der Waals surface area contributed by atoms with E-state index in [2.05, 4.69) is 25.5 Å². The molecule has 0 unspecified atom stereocenters. The van der Waals surface area contributed by atoms with Gasteiger partial charge < -0.3 is 10.2 Å². The van der Waals surface area contributed by atoms with Crippen molar-refractivity contribution in [2.24, 2.45) is 0 Å². The van der Waals surface area contributed by atoms with Crippen molar-refractivity contribution in [3.05, 3.63) is 30.1 Å². The van der Waals surface area contributed by atoms with E-state index in [1.807, 2.05) is 45.4 Å². The Bertz CT molecular complexity index is 488. The van der Waals surface area contributed by atoms with Gasteiger partial charge >= 0.3 is 0 Å². The quantitative estimate of drug-likeness (QED) is 0.851. The number of rotatable bonds is 5. The number of hydrogen-bond acceptors (Lipinski definition) is 5. The van der Waals surface area contributed by atoms with Crippen LogP contribution < -0.4 is 5.32 Å². The van der Waals surface area contributed by atoms with Gasteiger partial charge in [-0.1, -0.05) is 0 Å². The van der Waals surface area contributed by atoms with Crippen LogP contribution in [0.4, 0.5) is 5.82 Å². The molecule has 0 aromatic carbocycles. The zero-order valence-electron chi connectivity index (χ0n) is 11.0. The van der Waals surface area contributed by atoms with Gasteiger partial charge in [0, 0.05) is 19.3 Å². The van der Waals surface area contributed by atoms with Crippen LogP contribution in [0.2, 0.25) is 0 Å². The molecule has 0 spiro atoms. The van der Waals surface area contributed by atoms with Crippen LogP contribution in [0, 0.1) is 6.92 Å². The van der Waals surface area contributed by atoms with Gasteiger partial charge in [-0.25, -0.2) is 4.68 Å². The average molecular weight is 246 g/mol. The zero-order chi connectivity index (χ0) is 13.0. The molecular formula is C12H18N6. The largest absolute Gasteiger partial charge is 0.367 e. The molecule has 2 heterocycles. The van der Waals surface area contributed by atoms with Gasteiger partial charge in [0.2, 0.25) is 0 Å². The van der Waals surface area contributed by atoms with Gasteiger partial charge in [0.05, 0.1) is 5.69 Å². The van der Waals surface area contributed by atoms with Crippen LogP contribution >= 0.6 is 0 Å². The molecule has 0 bridgehead atoms. The summed E-state index contributed by atoms with van der Waals surface area (Å²) in [6, 6.07) is 5.75. The lowest BCUT2D eigenvalue weighted by Gasteiger charge is -2.10. The molecule has 0 aliphatic carbocycles. The van der Waals surface area contributed by atoms with Crippen molar-refractivity contribution in [3.8, 4) is 5.82 Å². The predicted molar refractivity (Wildman–Crippen MR) is 70.9 cm³/mol. The summed E-state index contributed by atoms with van der Waals surface area (Å²) in [6.07, 6.45) is 1.87. The molecule has 96 valence electrons. The van der Waals surface area contributed by atoms with Crippen LogP contribution in [0.1, 0.15) is 5.69 Å². The van der Waals surface area contributed by atoms with Crippen LogP contribution in [0.25, 0.3) is 5.82 Å². The topological polar surface area (TPSA) is 58.9 Å². The van der Waals surface area contributed by atoms with E-state index in [1.165, 1.54) is 0 Å². The van der Waals surface area contributed by atoms with Gasteiger partial charge in [0.1, 0.15) is 5.82 Å². The monoisotopic (exact) mass is 246 g/mol.